The van der Waals surface area contributed by atoms with Crippen LogP contribution in [0, 0.1) is 5.82 Å². The van der Waals surface area contributed by atoms with Gasteiger partial charge in [0.2, 0.25) is 0 Å². The van der Waals surface area contributed by atoms with E-state index in [1.54, 1.807) is 12.1 Å². The Labute approximate surface area is 97.3 Å². The number of rotatable bonds is 6. The Balaban J connectivity index is 2.46. The molecule has 0 aliphatic heterocycles. The average Bonchev–Trinajstić information content (AvgIpc) is 2.23. The number of hydrogen-bond donors (Lipinski definition) is 1. The molecule has 0 radical (unpaired) electrons. The molecule has 0 aliphatic carbocycles. The zero-order chi connectivity index (χ0) is 12.0. The summed E-state index contributed by atoms with van der Waals surface area (Å²) in [5, 5.41) is 0. The van der Waals surface area contributed by atoms with Gasteiger partial charge in [-0.2, -0.15) is 0 Å². The van der Waals surface area contributed by atoms with Gasteiger partial charge in [0.05, 0.1) is 0 Å². The first kappa shape index (κ1) is 13.0. The lowest BCUT2D eigenvalue weighted by Gasteiger charge is -2.16. The molecule has 0 aromatic heterocycles. The van der Waals surface area contributed by atoms with E-state index in [2.05, 4.69) is 11.8 Å². The molecule has 0 unspecified atom stereocenters. The van der Waals surface area contributed by atoms with Gasteiger partial charge in [0, 0.05) is 17.8 Å². The lowest BCUT2D eigenvalue weighted by atomic mass is 10.1. The van der Waals surface area contributed by atoms with Crippen LogP contribution in [0.2, 0.25) is 0 Å². The molecule has 90 valence electrons. The number of benzene rings is 1. The van der Waals surface area contributed by atoms with E-state index in [4.69, 9.17) is 5.73 Å². The zero-order valence-electron chi connectivity index (χ0n) is 10.2. The number of anilines is 1. The summed E-state index contributed by atoms with van der Waals surface area (Å²) in [6, 6.07) is 4.90. The van der Waals surface area contributed by atoms with Gasteiger partial charge in [0.1, 0.15) is 5.82 Å². The molecule has 2 nitrogen and oxygen atoms in total. The van der Waals surface area contributed by atoms with Gasteiger partial charge in [-0.15, -0.1) is 0 Å². The zero-order valence-corrected chi connectivity index (χ0v) is 10.2. The van der Waals surface area contributed by atoms with Crippen LogP contribution in [0.5, 0.6) is 0 Å². The van der Waals surface area contributed by atoms with Crippen LogP contribution in [0.3, 0.4) is 0 Å². The summed E-state index contributed by atoms with van der Waals surface area (Å²) in [7, 11) is 2.02. The molecule has 0 atom stereocenters. The average molecular weight is 224 g/mol. The van der Waals surface area contributed by atoms with Crippen LogP contribution < -0.4 is 5.73 Å². The molecule has 0 saturated heterocycles. The Bertz CT molecular complexity index is 326. The molecule has 0 saturated carbocycles. The smallest absolute Gasteiger partial charge is 0.129 e. The minimum atomic E-state index is -0.206. The SMILES string of the molecule is CCCCCN(C)Cc1ccc(N)cc1F. The summed E-state index contributed by atoms with van der Waals surface area (Å²) >= 11 is 0. The summed E-state index contributed by atoms with van der Waals surface area (Å²) < 4.78 is 13.5. The maximum absolute atomic E-state index is 13.5. The molecule has 0 fully saturated rings. The first-order valence-corrected chi connectivity index (χ1v) is 5.86. The van der Waals surface area contributed by atoms with Gasteiger partial charge in [-0.3, -0.25) is 0 Å². The van der Waals surface area contributed by atoms with Crippen molar-refractivity contribution in [1.82, 2.24) is 4.90 Å². The van der Waals surface area contributed by atoms with E-state index in [9.17, 15) is 4.39 Å². The van der Waals surface area contributed by atoms with Crippen LogP contribution in [-0.2, 0) is 6.54 Å². The normalized spacial score (nSPS) is 11.0. The molecule has 1 rings (SSSR count). The second-order valence-electron chi connectivity index (χ2n) is 4.30. The third-order valence-corrected chi connectivity index (χ3v) is 2.66. The summed E-state index contributed by atoms with van der Waals surface area (Å²) in [4.78, 5) is 2.14. The Kier molecular flexibility index (Phi) is 5.26. The summed E-state index contributed by atoms with van der Waals surface area (Å²) in [6.07, 6.45) is 3.61. The maximum Gasteiger partial charge on any atom is 0.129 e. The summed E-state index contributed by atoms with van der Waals surface area (Å²) in [6.45, 7) is 3.84. The molecule has 0 heterocycles. The van der Waals surface area contributed by atoms with E-state index in [-0.39, 0.29) is 5.82 Å². The van der Waals surface area contributed by atoms with Crippen molar-refractivity contribution in [3.63, 3.8) is 0 Å². The van der Waals surface area contributed by atoms with Crippen LogP contribution in [-0.4, -0.2) is 18.5 Å². The van der Waals surface area contributed by atoms with Gasteiger partial charge in [0.15, 0.2) is 0 Å². The number of unbranched alkanes of at least 4 members (excludes halogenated alkanes) is 2. The molecular formula is C13H21FN2. The lowest BCUT2D eigenvalue weighted by molar-refractivity contribution is 0.313. The molecule has 0 spiro atoms. The molecule has 1 aromatic rings. The minimum Gasteiger partial charge on any atom is -0.399 e. The first-order valence-electron chi connectivity index (χ1n) is 5.86. The van der Waals surface area contributed by atoms with Gasteiger partial charge in [-0.25, -0.2) is 4.39 Å². The van der Waals surface area contributed by atoms with Crippen molar-refractivity contribution in [1.29, 1.82) is 0 Å². The highest BCUT2D eigenvalue weighted by Gasteiger charge is 2.05. The molecule has 1 aromatic carbocycles. The number of nitrogens with zero attached hydrogens (tertiary/aromatic N) is 1. The maximum atomic E-state index is 13.5. The highest BCUT2D eigenvalue weighted by molar-refractivity contribution is 5.40. The van der Waals surface area contributed by atoms with Crippen LogP contribution in [0.4, 0.5) is 10.1 Å². The Morgan fingerprint density at radius 3 is 2.69 bits per heavy atom. The largest absolute Gasteiger partial charge is 0.399 e. The van der Waals surface area contributed by atoms with Crippen LogP contribution >= 0.6 is 0 Å². The van der Waals surface area contributed by atoms with E-state index in [0.29, 0.717) is 17.8 Å². The highest BCUT2D eigenvalue weighted by Crippen LogP contribution is 2.13. The summed E-state index contributed by atoms with van der Waals surface area (Å²) in [5.74, 6) is -0.206. The van der Waals surface area contributed by atoms with Crippen molar-refractivity contribution >= 4 is 5.69 Å². The van der Waals surface area contributed by atoms with Gasteiger partial charge >= 0.3 is 0 Å². The van der Waals surface area contributed by atoms with E-state index < -0.39 is 0 Å². The molecule has 0 aliphatic rings. The highest BCUT2D eigenvalue weighted by atomic mass is 19.1. The van der Waals surface area contributed by atoms with Gasteiger partial charge in [-0.1, -0.05) is 25.8 Å². The number of hydrogen-bond acceptors (Lipinski definition) is 2. The first-order chi connectivity index (χ1) is 7.63. The van der Waals surface area contributed by atoms with Crippen molar-refractivity contribution in [3.8, 4) is 0 Å². The number of halogens is 1. The van der Waals surface area contributed by atoms with Gasteiger partial charge < -0.3 is 10.6 Å². The van der Waals surface area contributed by atoms with Gasteiger partial charge in [-0.05, 0) is 32.1 Å². The van der Waals surface area contributed by atoms with Crippen molar-refractivity contribution < 1.29 is 4.39 Å². The third kappa shape index (κ3) is 4.19. The molecule has 16 heavy (non-hydrogen) atoms. The molecule has 2 N–H and O–H groups in total. The van der Waals surface area contributed by atoms with Crippen molar-refractivity contribution in [2.75, 3.05) is 19.3 Å². The Morgan fingerprint density at radius 1 is 1.31 bits per heavy atom. The van der Waals surface area contributed by atoms with Crippen LogP contribution in [0.1, 0.15) is 31.7 Å². The molecule has 0 bridgehead atoms. The van der Waals surface area contributed by atoms with E-state index in [0.717, 1.165) is 6.54 Å². The second kappa shape index (κ2) is 6.48. The lowest BCUT2D eigenvalue weighted by Crippen LogP contribution is -2.19. The van der Waals surface area contributed by atoms with Crippen molar-refractivity contribution in [2.24, 2.45) is 0 Å². The van der Waals surface area contributed by atoms with Crippen LogP contribution in [0.15, 0.2) is 18.2 Å². The molecular weight excluding hydrogens is 203 g/mol. The van der Waals surface area contributed by atoms with E-state index >= 15 is 0 Å². The fourth-order valence-corrected chi connectivity index (χ4v) is 1.69. The standard InChI is InChI=1S/C13H21FN2/c1-3-4-5-8-16(2)10-11-6-7-12(15)9-13(11)14/h6-7,9H,3-5,8,10,15H2,1-2H3. The van der Waals surface area contributed by atoms with Crippen molar-refractivity contribution in [2.45, 2.75) is 32.7 Å². The molecule has 0 amide bonds. The fraction of sp³-hybridized carbons (Fsp3) is 0.538. The summed E-state index contributed by atoms with van der Waals surface area (Å²) in [5.41, 5.74) is 6.70. The minimum absolute atomic E-state index is 0.206. The Hall–Kier alpha value is -1.09. The van der Waals surface area contributed by atoms with E-state index in [1.807, 2.05) is 7.05 Å². The predicted molar refractivity (Wildman–Crippen MR) is 66.7 cm³/mol. The number of nitrogen functional groups attached to an aromatic ring is 1. The number of nitrogens with two attached hydrogens (primary N) is 1. The van der Waals surface area contributed by atoms with Crippen molar-refractivity contribution in [3.05, 3.63) is 29.6 Å². The quantitative estimate of drug-likeness (QED) is 0.594. The monoisotopic (exact) mass is 224 g/mol. The van der Waals surface area contributed by atoms with E-state index in [1.165, 1.54) is 25.3 Å². The topological polar surface area (TPSA) is 29.3 Å². The fourth-order valence-electron chi connectivity index (χ4n) is 1.69. The van der Waals surface area contributed by atoms with Gasteiger partial charge in [0.25, 0.3) is 0 Å². The van der Waals surface area contributed by atoms with Crippen LogP contribution in [0.25, 0.3) is 0 Å². The Morgan fingerprint density at radius 2 is 2.06 bits per heavy atom. The third-order valence-electron chi connectivity index (χ3n) is 2.66. The molecule has 3 heteroatoms. The predicted octanol–water partition coefficient (Wildman–Crippen LogP) is 3.03. The second-order valence-corrected chi connectivity index (χ2v) is 4.30.